The van der Waals surface area contributed by atoms with Gasteiger partial charge in [0, 0.05) is 119 Å². The van der Waals surface area contributed by atoms with Gasteiger partial charge in [-0.3, -0.25) is 24.5 Å². The lowest BCUT2D eigenvalue weighted by Crippen LogP contribution is -2.12. The van der Waals surface area contributed by atoms with Crippen molar-refractivity contribution >= 4 is 54.9 Å². The predicted molar refractivity (Wildman–Crippen MR) is 324 cm³/mol. The molecule has 13 nitrogen and oxygen atoms in total. The van der Waals surface area contributed by atoms with Gasteiger partial charge in [0.1, 0.15) is 11.4 Å². The van der Waals surface area contributed by atoms with Crippen LogP contribution in [0, 0.1) is 0 Å². The quantitative estimate of drug-likeness (QED) is 0.151. The maximum Gasteiger partial charge on any atom is 0.233 e. The molecule has 78 heavy (non-hydrogen) atoms. The number of pyridine rings is 4. The second-order valence-corrected chi connectivity index (χ2v) is 26.5. The Hall–Kier alpha value is -7.58. The van der Waals surface area contributed by atoms with E-state index < -0.39 is 0 Å². The fourth-order valence-electron chi connectivity index (χ4n) is 7.31. The number of fused-ring (bicyclic) bond motifs is 5. The van der Waals surface area contributed by atoms with E-state index in [0.29, 0.717) is 0 Å². The van der Waals surface area contributed by atoms with Crippen molar-refractivity contribution in [3.05, 3.63) is 193 Å². The molecule has 2 N–H and O–H groups in total. The average Bonchev–Trinajstić information content (AvgIpc) is 4.23. The van der Waals surface area contributed by atoms with Gasteiger partial charge in [0.15, 0.2) is 11.2 Å². The van der Waals surface area contributed by atoms with Crippen molar-refractivity contribution in [3.63, 3.8) is 0 Å². The monoisotopic (exact) mass is 1070 g/mol. The van der Waals surface area contributed by atoms with E-state index in [1.807, 2.05) is 89.6 Å². The van der Waals surface area contributed by atoms with Crippen molar-refractivity contribution in [2.24, 2.45) is 0 Å². The lowest BCUT2D eigenvalue weighted by atomic mass is 9.88. The Bertz CT molecular complexity index is 3240. The molecule has 0 saturated carbocycles. The van der Waals surface area contributed by atoms with Crippen LogP contribution in [0.25, 0.3) is 43.5 Å². The molecule has 0 aliphatic heterocycles. The van der Waals surface area contributed by atoms with Crippen molar-refractivity contribution in [3.8, 4) is 0 Å². The average molecular weight is 1070 g/mol. The molecule has 0 aliphatic carbocycles. The highest BCUT2D eigenvalue weighted by Crippen LogP contribution is 2.34. The van der Waals surface area contributed by atoms with Gasteiger partial charge < -0.3 is 13.8 Å². The van der Waals surface area contributed by atoms with Crippen LogP contribution >= 0.6 is 11.3 Å². The van der Waals surface area contributed by atoms with Gasteiger partial charge in [0.2, 0.25) is 5.78 Å². The maximum atomic E-state index is 5.67. The van der Waals surface area contributed by atoms with Gasteiger partial charge in [0.05, 0.1) is 17.1 Å². The zero-order valence-electron chi connectivity index (χ0n) is 49.3. The number of nitrogens with zero attached hydrogens (tertiary/aromatic N) is 10. The number of aromatic nitrogens is 12. The number of aromatic amines is 2. The van der Waals surface area contributed by atoms with Gasteiger partial charge in [-0.15, -0.1) is 11.3 Å². The van der Waals surface area contributed by atoms with E-state index in [4.69, 9.17) is 4.42 Å². The lowest BCUT2D eigenvalue weighted by Gasteiger charge is -2.18. The number of furan rings is 1. The lowest BCUT2D eigenvalue weighted by molar-refractivity contribution is 0.430. The Morgan fingerprint density at radius 2 is 1.12 bits per heavy atom. The first-order valence-corrected chi connectivity index (χ1v) is 27.3. The Morgan fingerprint density at radius 3 is 1.77 bits per heavy atom. The predicted octanol–water partition coefficient (Wildman–Crippen LogP) is 16.5. The molecule has 11 heterocycles. The summed E-state index contributed by atoms with van der Waals surface area (Å²) in [4.78, 5) is 33.7. The Morgan fingerprint density at radius 1 is 0.474 bits per heavy atom. The molecule has 14 heteroatoms. The Labute approximate surface area is 465 Å². The summed E-state index contributed by atoms with van der Waals surface area (Å²) in [6.07, 6.45) is 30.0. The summed E-state index contributed by atoms with van der Waals surface area (Å²) in [5.41, 5.74) is 8.67. The molecular formula is C64H82N12OS. The zero-order valence-corrected chi connectivity index (χ0v) is 50.1. The second-order valence-electron chi connectivity index (χ2n) is 25.4. The van der Waals surface area contributed by atoms with E-state index in [9.17, 15) is 0 Å². The second kappa shape index (κ2) is 24.8. The number of hydrogen-bond acceptors (Lipinski definition) is 10. The molecule has 0 aliphatic rings. The van der Waals surface area contributed by atoms with Crippen LogP contribution in [0.5, 0.6) is 0 Å². The van der Waals surface area contributed by atoms with Crippen molar-refractivity contribution in [1.82, 2.24) is 58.9 Å². The number of thiophene rings is 1. The largest absolute Gasteiger partial charge is 0.459 e. The third-order valence-electron chi connectivity index (χ3n) is 12.4. The van der Waals surface area contributed by atoms with Gasteiger partial charge in [0.25, 0.3) is 0 Å². The van der Waals surface area contributed by atoms with E-state index in [2.05, 4.69) is 228 Å². The summed E-state index contributed by atoms with van der Waals surface area (Å²) < 4.78 is 11.0. The topological polar surface area (TPSA) is 157 Å². The van der Waals surface area contributed by atoms with Gasteiger partial charge in [-0.25, -0.2) is 19.9 Å². The summed E-state index contributed by atoms with van der Waals surface area (Å²) in [5.74, 6) is 1.77. The van der Waals surface area contributed by atoms with E-state index in [0.717, 1.165) is 39.2 Å². The highest BCUT2D eigenvalue weighted by atomic mass is 32.1. The van der Waals surface area contributed by atoms with Gasteiger partial charge in [-0.05, 0) is 98.3 Å². The first-order chi connectivity index (χ1) is 36.5. The molecule has 0 bridgehead atoms. The van der Waals surface area contributed by atoms with Crippen LogP contribution in [-0.2, 0) is 32.5 Å². The fraction of sp³-hybridized carbons (Fsp3) is 0.375. The molecule has 0 radical (unpaired) electrons. The summed E-state index contributed by atoms with van der Waals surface area (Å²) in [6.45, 7) is 39.3. The summed E-state index contributed by atoms with van der Waals surface area (Å²) in [5, 5.41) is 10.3. The van der Waals surface area contributed by atoms with Gasteiger partial charge in [-0.1, -0.05) is 131 Å². The van der Waals surface area contributed by atoms with Gasteiger partial charge in [-0.2, -0.15) is 5.10 Å². The highest BCUT2D eigenvalue weighted by Gasteiger charge is 2.20. The van der Waals surface area contributed by atoms with E-state index in [-0.39, 0.29) is 32.5 Å². The molecular weight excluding hydrogens is 985 g/mol. The number of imidazole rings is 2. The first-order valence-electron chi connectivity index (χ1n) is 26.5. The molecule has 11 aromatic rings. The maximum absolute atomic E-state index is 5.67. The standard InChI is InChI=1S/C11H14N2.C11H16N2.C11H13NO.C11H13NS.2C10H13N3/c1-11(2,3)9-4-5-10-12-6-7-13(10)8-9;1-11(2,3)10-6-4-7-12-8-5-9-13-10;2*1-11(2,3)10-6-8-4-5-12-7-9(8)13-10;1-10(2,3)8-4-7-5-12-13-9(7)11-6-8;1-10(2,3)8-6-12-9-11-4-5-13(9)7-8/h4-8H,1-3H3;4-9,13H,1-3H3;2*4-7H,1-3H3;4-6H,1-3H3,(H,11,12,13);4-7H,1-3H3. The number of H-pyrrole nitrogens is 2. The molecule has 0 unspecified atom stereocenters. The molecule has 11 aromatic heterocycles. The summed E-state index contributed by atoms with van der Waals surface area (Å²) in [6, 6.07) is 20.6. The van der Waals surface area contributed by atoms with Crippen molar-refractivity contribution in [2.45, 2.75) is 157 Å². The van der Waals surface area contributed by atoms with E-state index in [1.54, 1.807) is 37.2 Å². The molecule has 0 aromatic carbocycles. The SMILES string of the molecule is CC(C)(C)c1cc2ccncc2o1.CC(C)(C)c1cc2ccncc2s1.CC(C)(C)c1ccc2nccn2c1.CC(C)(C)c1cccnccc[nH]1.CC(C)(C)c1cnc2[nH]ncc2c1.CC(C)(C)c1cnc2nccn2c1. The molecule has 0 saturated heterocycles. The van der Waals surface area contributed by atoms with Crippen LogP contribution in [-0.4, -0.2) is 58.9 Å². The van der Waals surface area contributed by atoms with Crippen LogP contribution in [0.4, 0.5) is 0 Å². The minimum absolute atomic E-state index is 0.0685. The van der Waals surface area contributed by atoms with Crippen molar-refractivity contribution in [1.29, 1.82) is 0 Å². The Balaban J connectivity index is 0.000000151. The molecule has 0 atom stereocenters. The van der Waals surface area contributed by atoms with Crippen LogP contribution in [0.3, 0.4) is 0 Å². The van der Waals surface area contributed by atoms with Crippen LogP contribution < -0.4 is 0 Å². The van der Waals surface area contributed by atoms with Gasteiger partial charge >= 0.3 is 0 Å². The van der Waals surface area contributed by atoms with Crippen molar-refractivity contribution < 1.29 is 4.42 Å². The normalized spacial score (nSPS) is 12.0. The first kappa shape index (κ1) is 59.7. The zero-order chi connectivity index (χ0) is 57.1. The highest BCUT2D eigenvalue weighted by molar-refractivity contribution is 7.19. The number of rotatable bonds is 0. The van der Waals surface area contributed by atoms with E-state index in [1.165, 1.54) is 37.3 Å². The molecule has 0 amide bonds. The number of nitrogens with one attached hydrogen (secondary N) is 2. The van der Waals surface area contributed by atoms with Crippen LogP contribution in [0.15, 0.2) is 164 Å². The summed E-state index contributed by atoms with van der Waals surface area (Å²) >= 11 is 1.84. The number of hydrogen-bond donors (Lipinski definition) is 2. The third kappa shape index (κ3) is 17.2. The van der Waals surface area contributed by atoms with E-state index >= 15 is 0 Å². The molecule has 0 fully saturated rings. The molecule has 0 spiro atoms. The minimum atomic E-state index is 0.0685. The molecule has 410 valence electrons. The smallest absolute Gasteiger partial charge is 0.233 e. The fourth-order valence-corrected chi connectivity index (χ4v) is 8.39. The molecule has 11 rings (SSSR count). The van der Waals surface area contributed by atoms with Crippen LogP contribution in [0.1, 0.15) is 158 Å². The Kier molecular flexibility index (Phi) is 19.0. The van der Waals surface area contributed by atoms with Crippen molar-refractivity contribution in [2.75, 3.05) is 0 Å². The van der Waals surface area contributed by atoms with Crippen LogP contribution in [0.2, 0.25) is 0 Å². The third-order valence-corrected chi connectivity index (χ3v) is 13.9. The summed E-state index contributed by atoms with van der Waals surface area (Å²) in [7, 11) is 0. The minimum Gasteiger partial charge on any atom is -0.459 e.